The molecule has 0 aliphatic rings. The van der Waals surface area contributed by atoms with Crippen LogP contribution in [0.1, 0.15) is 36.7 Å². The molecule has 0 atom stereocenters. The van der Waals surface area contributed by atoms with Crippen LogP contribution in [0.3, 0.4) is 0 Å². The van der Waals surface area contributed by atoms with Crippen molar-refractivity contribution in [3.05, 3.63) is 84.7 Å². The number of carbonyl (C=O) groups excluding carboxylic acids is 2. The van der Waals surface area contributed by atoms with Crippen molar-refractivity contribution in [2.45, 2.75) is 26.4 Å². The number of nitrogens with one attached hydrogen (secondary N) is 2. The first-order valence-electron chi connectivity index (χ1n) is 10.4. The van der Waals surface area contributed by atoms with E-state index in [2.05, 4.69) is 22.2 Å². The molecule has 1 aromatic heterocycles. The maximum atomic E-state index is 12.4. The molecule has 0 aliphatic carbocycles. The van der Waals surface area contributed by atoms with Crippen molar-refractivity contribution < 1.29 is 19.1 Å². The Morgan fingerprint density at radius 3 is 2.21 bits per heavy atom. The lowest BCUT2D eigenvalue weighted by atomic mass is 10.1. The van der Waals surface area contributed by atoms with Crippen LogP contribution in [-0.2, 0) is 9.47 Å². The summed E-state index contributed by atoms with van der Waals surface area (Å²) in [6, 6.07) is 16.3. The summed E-state index contributed by atoms with van der Waals surface area (Å²) in [7, 11) is 1.34. The van der Waals surface area contributed by atoms with Gasteiger partial charge in [0.05, 0.1) is 24.0 Å². The Balaban J connectivity index is 1.90. The molecule has 0 aliphatic heterocycles. The highest BCUT2D eigenvalue weighted by molar-refractivity contribution is 5.94. The number of benzene rings is 2. The van der Waals surface area contributed by atoms with Gasteiger partial charge < -0.3 is 14.8 Å². The monoisotopic (exact) mass is 445 g/mol. The first-order chi connectivity index (χ1) is 15.7. The SMILES string of the molecule is C=C(Nc1cc(-c2cccnc2)ccc1NC(=O)OC(C)(C)C)c1ccc(C(=O)OC)cc1. The average Bonchev–Trinajstić information content (AvgIpc) is 2.79. The Kier molecular flexibility index (Phi) is 7.13. The summed E-state index contributed by atoms with van der Waals surface area (Å²) >= 11 is 0. The van der Waals surface area contributed by atoms with Gasteiger partial charge in [-0.1, -0.05) is 30.8 Å². The molecule has 0 spiro atoms. The van der Waals surface area contributed by atoms with Gasteiger partial charge in [0.25, 0.3) is 0 Å². The van der Waals surface area contributed by atoms with Gasteiger partial charge in [0, 0.05) is 23.7 Å². The zero-order valence-corrected chi connectivity index (χ0v) is 19.1. The van der Waals surface area contributed by atoms with E-state index in [4.69, 9.17) is 9.47 Å². The molecular weight excluding hydrogens is 418 g/mol. The minimum absolute atomic E-state index is 0.409. The second-order valence-electron chi connectivity index (χ2n) is 8.30. The fraction of sp³-hybridized carbons (Fsp3) is 0.192. The fourth-order valence-corrected chi connectivity index (χ4v) is 3.04. The molecule has 0 fully saturated rings. The third kappa shape index (κ3) is 6.43. The summed E-state index contributed by atoms with van der Waals surface area (Å²) in [5.74, 6) is -0.409. The second-order valence-corrected chi connectivity index (χ2v) is 8.30. The van der Waals surface area contributed by atoms with Crippen LogP contribution < -0.4 is 10.6 Å². The lowest BCUT2D eigenvalue weighted by Crippen LogP contribution is -2.27. The minimum atomic E-state index is -0.627. The smallest absolute Gasteiger partial charge is 0.412 e. The Hall–Kier alpha value is -4.13. The summed E-state index contributed by atoms with van der Waals surface area (Å²) in [6.07, 6.45) is 2.91. The van der Waals surface area contributed by atoms with E-state index in [1.54, 1.807) is 63.5 Å². The molecule has 33 heavy (non-hydrogen) atoms. The van der Waals surface area contributed by atoms with E-state index in [0.29, 0.717) is 22.6 Å². The molecule has 0 radical (unpaired) electrons. The van der Waals surface area contributed by atoms with Crippen molar-refractivity contribution in [2.75, 3.05) is 17.7 Å². The van der Waals surface area contributed by atoms with Gasteiger partial charge in [0.2, 0.25) is 0 Å². The predicted molar refractivity (Wildman–Crippen MR) is 130 cm³/mol. The molecular formula is C26H27N3O4. The Labute approximate surface area is 193 Å². The molecule has 3 rings (SSSR count). The number of carbonyl (C=O) groups is 2. The molecule has 0 saturated heterocycles. The second kappa shape index (κ2) is 9.99. The highest BCUT2D eigenvalue weighted by Gasteiger charge is 2.18. The van der Waals surface area contributed by atoms with Crippen molar-refractivity contribution in [1.29, 1.82) is 0 Å². The molecule has 2 aromatic carbocycles. The number of pyridine rings is 1. The van der Waals surface area contributed by atoms with Crippen molar-refractivity contribution in [3.8, 4) is 11.1 Å². The van der Waals surface area contributed by atoms with E-state index >= 15 is 0 Å². The highest BCUT2D eigenvalue weighted by Crippen LogP contribution is 2.31. The van der Waals surface area contributed by atoms with E-state index < -0.39 is 17.7 Å². The van der Waals surface area contributed by atoms with E-state index in [-0.39, 0.29) is 0 Å². The Morgan fingerprint density at radius 2 is 1.61 bits per heavy atom. The number of nitrogens with zero attached hydrogens (tertiary/aromatic N) is 1. The van der Waals surface area contributed by atoms with Crippen LogP contribution in [0.15, 0.2) is 73.6 Å². The van der Waals surface area contributed by atoms with Crippen molar-refractivity contribution in [2.24, 2.45) is 0 Å². The zero-order valence-electron chi connectivity index (χ0n) is 19.1. The maximum absolute atomic E-state index is 12.4. The third-order valence-corrected chi connectivity index (χ3v) is 4.59. The van der Waals surface area contributed by atoms with Crippen LogP contribution in [0, 0.1) is 0 Å². The molecule has 170 valence electrons. The summed E-state index contributed by atoms with van der Waals surface area (Å²) in [5.41, 5.74) is 4.18. The van der Waals surface area contributed by atoms with Gasteiger partial charge >= 0.3 is 12.1 Å². The van der Waals surface area contributed by atoms with Gasteiger partial charge in [-0.2, -0.15) is 0 Å². The normalized spacial score (nSPS) is 10.8. The molecule has 0 unspecified atom stereocenters. The van der Waals surface area contributed by atoms with E-state index in [1.165, 1.54) is 7.11 Å². The molecule has 0 bridgehead atoms. The molecule has 7 heteroatoms. The first kappa shape index (κ1) is 23.5. The Morgan fingerprint density at radius 1 is 0.909 bits per heavy atom. The summed E-state index contributed by atoms with van der Waals surface area (Å²) < 4.78 is 10.1. The van der Waals surface area contributed by atoms with Gasteiger partial charge in [0.15, 0.2) is 0 Å². The maximum Gasteiger partial charge on any atom is 0.412 e. The zero-order chi connectivity index (χ0) is 24.0. The predicted octanol–water partition coefficient (Wildman–Crippen LogP) is 5.97. The van der Waals surface area contributed by atoms with Crippen LogP contribution in [0.25, 0.3) is 16.8 Å². The van der Waals surface area contributed by atoms with Gasteiger partial charge in [-0.25, -0.2) is 9.59 Å². The lowest BCUT2D eigenvalue weighted by Gasteiger charge is -2.21. The van der Waals surface area contributed by atoms with E-state index in [1.807, 2.05) is 24.3 Å². The number of hydrogen-bond donors (Lipinski definition) is 2. The molecule has 2 N–H and O–H groups in total. The first-order valence-corrected chi connectivity index (χ1v) is 10.4. The number of hydrogen-bond acceptors (Lipinski definition) is 6. The summed E-state index contributed by atoms with van der Waals surface area (Å²) in [5, 5.41) is 6.06. The van der Waals surface area contributed by atoms with E-state index in [9.17, 15) is 9.59 Å². The largest absolute Gasteiger partial charge is 0.465 e. The van der Waals surface area contributed by atoms with Crippen LogP contribution in [0.5, 0.6) is 0 Å². The van der Waals surface area contributed by atoms with Gasteiger partial charge in [0.1, 0.15) is 5.60 Å². The molecule has 0 saturated carbocycles. The highest BCUT2D eigenvalue weighted by atomic mass is 16.6. The quantitative estimate of drug-likeness (QED) is 0.455. The van der Waals surface area contributed by atoms with Crippen LogP contribution >= 0.6 is 0 Å². The molecule has 7 nitrogen and oxygen atoms in total. The number of methoxy groups -OCH3 is 1. The minimum Gasteiger partial charge on any atom is -0.465 e. The molecule has 1 amide bonds. The van der Waals surface area contributed by atoms with Crippen LogP contribution in [0.2, 0.25) is 0 Å². The van der Waals surface area contributed by atoms with Gasteiger partial charge in [-0.15, -0.1) is 0 Å². The van der Waals surface area contributed by atoms with Crippen molar-refractivity contribution >= 4 is 29.1 Å². The summed E-state index contributed by atoms with van der Waals surface area (Å²) in [4.78, 5) is 28.2. The number of rotatable bonds is 6. The topological polar surface area (TPSA) is 89.5 Å². The van der Waals surface area contributed by atoms with Gasteiger partial charge in [-0.3, -0.25) is 10.3 Å². The third-order valence-electron chi connectivity index (χ3n) is 4.59. The van der Waals surface area contributed by atoms with Crippen LogP contribution in [-0.4, -0.2) is 29.8 Å². The van der Waals surface area contributed by atoms with Crippen molar-refractivity contribution in [1.82, 2.24) is 4.98 Å². The molecule has 1 heterocycles. The average molecular weight is 446 g/mol. The number of amides is 1. The Bertz CT molecular complexity index is 1150. The lowest BCUT2D eigenvalue weighted by molar-refractivity contribution is 0.0598. The summed E-state index contributed by atoms with van der Waals surface area (Å²) in [6.45, 7) is 9.52. The van der Waals surface area contributed by atoms with Gasteiger partial charge in [-0.05, 0) is 62.2 Å². The fourth-order valence-electron chi connectivity index (χ4n) is 3.04. The molecule has 3 aromatic rings. The standard InChI is InChI=1S/C26H27N3O4/c1-17(18-8-10-19(11-9-18)24(30)32-5)28-23-15-20(21-7-6-14-27-16-21)12-13-22(23)29-25(31)33-26(2,3)4/h6-16,28H,1H2,2-5H3,(H,29,31). The van der Waals surface area contributed by atoms with Crippen molar-refractivity contribution in [3.63, 3.8) is 0 Å². The number of esters is 1. The number of anilines is 2. The van der Waals surface area contributed by atoms with E-state index in [0.717, 1.165) is 16.7 Å². The number of ether oxygens (including phenoxy) is 2. The van der Waals surface area contributed by atoms with Crippen LogP contribution in [0.4, 0.5) is 16.2 Å². The number of aromatic nitrogens is 1.